The first-order valence-electron chi connectivity index (χ1n) is 3.18. The number of carbonyl (C=O) groups is 1. The summed E-state index contributed by atoms with van der Waals surface area (Å²) in [5.74, 6) is -0.541. The van der Waals surface area contributed by atoms with Gasteiger partial charge in [0.2, 0.25) is 5.76 Å². The first-order chi connectivity index (χ1) is 5.15. The summed E-state index contributed by atoms with van der Waals surface area (Å²) in [7, 11) is 0. The maximum absolute atomic E-state index is 10.3. The highest BCUT2D eigenvalue weighted by Crippen LogP contribution is 2.13. The van der Waals surface area contributed by atoms with Gasteiger partial charge >= 0.3 is 5.97 Å². The molecule has 0 atom stereocenters. The van der Waals surface area contributed by atoms with E-state index in [4.69, 9.17) is 15.3 Å². The second-order valence-corrected chi connectivity index (χ2v) is 2.20. The van der Waals surface area contributed by atoms with Crippen LogP contribution in [0.4, 0.5) is 0 Å². The number of aryl methyl sites for hydroxylation is 1. The summed E-state index contributed by atoms with van der Waals surface area (Å²) < 4.78 is 4.89. The van der Waals surface area contributed by atoms with Crippen molar-refractivity contribution in [1.82, 2.24) is 0 Å². The molecule has 0 saturated carbocycles. The van der Waals surface area contributed by atoms with Crippen LogP contribution in [0.1, 0.15) is 21.9 Å². The standard InChI is InChI=1S/C7H9NO3.ClH/c1-4-5(3-8)2-6(11-4)7(9)10;/h2H,3,8H2,1H3,(H,9,10);1H. The number of aromatic carboxylic acids is 1. The van der Waals surface area contributed by atoms with Gasteiger partial charge in [-0.2, -0.15) is 0 Å². The van der Waals surface area contributed by atoms with Gasteiger partial charge in [0, 0.05) is 12.1 Å². The quantitative estimate of drug-likeness (QED) is 0.736. The van der Waals surface area contributed by atoms with Gasteiger partial charge in [-0.15, -0.1) is 12.4 Å². The molecule has 0 aromatic carbocycles. The summed E-state index contributed by atoms with van der Waals surface area (Å²) in [6.45, 7) is 2.00. The molecule has 0 unspecified atom stereocenters. The van der Waals surface area contributed by atoms with E-state index in [1.54, 1.807) is 6.92 Å². The van der Waals surface area contributed by atoms with Crippen molar-refractivity contribution >= 4 is 18.4 Å². The molecule has 68 valence electrons. The number of carboxylic acids is 1. The first kappa shape index (κ1) is 11.0. The molecule has 0 aliphatic rings. The third-order valence-corrected chi connectivity index (χ3v) is 1.45. The Morgan fingerprint density at radius 2 is 2.33 bits per heavy atom. The minimum atomic E-state index is -1.06. The maximum Gasteiger partial charge on any atom is 0.371 e. The second kappa shape index (κ2) is 4.13. The summed E-state index contributed by atoms with van der Waals surface area (Å²) in [4.78, 5) is 10.3. The molecular formula is C7H10ClNO3. The zero-order chi connectivity index (χ0) is 8.43. The van der Waals surface area contributed by atoms with Crippen molar-refractivity contribution in [3.05, 3.63) is 23.2 Å². The van der Waals surface area contributed by atoms with Crippen LogP contribution >= 0.6 is 12.4 Å². The van der Waals surface area contributed by atoms with Crippen molar-refractivity contribution in [2.75, 3.05) is 0 Å². The maximum atomic E-state index is 10.3. The predicted molar refractivity (Wildman–Crippen MR) is 45.5 cm³/mol. The highest BCUT2D eigenvalue weighted by atomic mass is 35.5. The molecule has 0 spiro atoms. The third kappa shape index (κ3) is 1.99. The molecule has 4 nitrogen and oxygen atoms in total. The molecule has 1 aromatic heterocycles. The van der Waals surface area contributed by atoms with Crippen LogP contribution in [0.5, 0.6) is 0 Å². The lowest BCUT2D eigenvalue weighted by atomic mass is 10.2. The van der Waals surface area contributed by atoms with E-state index in [1.165, 1.54) is 6.07 Å². The molecule has 0 bridgehead atoms. The van der Waals surface area contributed by atoms with E-state index in [1.807, 2.05) is 0 Å². The van der Waals surface area contributed by atoms with Crippen LogP contribution in [-0.4, -0.2) is 11.1 Å². The lowest BCUT2D eigenvalue weighted by molar-refractivity contribution is 0.0661. The van der Waals surface area contributed by atoms with Crippen molar-refractivity contribution in [3.8, 4) is 0 Å². The highest BCUT2D eigenvalue weighted by molar-refractivity contribution is 5.85. The van der Waals surface area contributed by atoms with Gasteiger partial charge in [-0.1, -0.05) is 0 Å². The fourth-order valence-corrected chi connectivity index (χ4v) is 0.828. The number of hydrogen-bond donors (Lipinski definition) is 2. The van der Waals surface area contributed by atoms with Crippen molar-refractivity contribution in [3.63, 3.8) is 0 Å². The van der Waals surface area contributed by atoms with Crippen LogP contribution in [0, 0.1) is 6.92 Å². The molecule has 1 rings (SSSR count). The predicted octanol–water partition coefficient (Wildman–Crippen LogP) is 1.17. The smallest absolute Gasteiger partial charge is 0.371 e. The molecule has 0 saturated heterocycles. The number of halogens is 1. The Morgan fingerprint density at radius 3 is 2.58 bits per heavy atom. The Balaban J connectivity index is 0.00000121. The fourth-order valence-electron chi connectivity index (χ4n) is 0.828. The molecule has 0 aliphatic carbocycles. The van der Waals surface area contributed by atoms with Gasteiger partial charge in [-0.25, -0.2) is 4.79 Å². The number of nitrogens with two attached hydrogens (primary N) is 1. The van der Waals surface area contributed by atoms with Crippen LogP contribution in [0.15, 0.2) is 10.5 Å². The van der Waals surface area contributed by atoms with E-state index < -0.39 is 5.97 Å². The Morgan fingerprint density at radius 1 is 1.75 bits per heavy atom. The number of hydrogen-bond acceptors (Lipinski definition) is 3. The van der Waals surface area contributed by atoms with Crippen molar-refractivity contribution in [1.29, 1.82) is 0 Å². The number of carboxylic acid groups (broad SMARTS) is 1. The fraction of sp³-hybridized carbons (Fsp3) is 0.286. The number of rotatable bonds is 2. The largest absolute Gasteiger partial charge is 0.475 e. The molecular weight excluding hydrogens is 182 g/mol. The van der Waals surface area contributed by atoms with E-state index in [0.29, 0.717) is 12.3 Å². The highest BCUT2D eigenvalue weighted by Gasteiger charge is 2.11. The van der Waals surface area contributed by atoms with Crippen LogP contribution in [0.3, 0.4) is 0 Å². The van der Waals surface area contributed by atoms with E-state index in [0.717, 1.165) is 5.56 Å². The van der Waals surface area contributed by atoms with Crippen molar-refractivity contribution in [2.24, 2.45) is 5.73 Å². The minimum Gasteiger partial charge on any atom is -0.475 e. The van der Waals surface area contributed by atoms with Crippen LogP contribution < -0.4 is 5.73 Å². The molecule has 0 radical (unpaired) electrons. The van der Waals surface area contributed by atoms with Crippen molar-refractivity contribution in [2.45, 2.75) is 13.5 Å². The Kier molecular flexibility index (Phi) is 3.79. The van der Waals surface area contributed by atoms with Gasteiger partial charge in [-0.05, 0) is 13.0 Å². The van der Waals surface area contributed by atoms with Crippen LogP contribution in [0.25, 0.3) is 0 Å². The second-order valence-electron chi connectivity index (χ2n) is 2.20. The van der Waals surface area contributed by atoms with Crippen LogP contribution in [0.2, 0.25) is 0 Å². The van der Waals surface area contributed by atoms with E-state index in [2.05, 4.69) is 0 Å². The molecule has 0 fully saturated rings. The molecule has 0 aliphatic heterocycles. The van der Waals surface area contributed by atoms with E-state index in [-0.39, 0.29) is 18.2 Å². The zero-order valence-corrected chi connectivity index (χ0v) is 7.35. The molecule has 3 N–H and O–H groups in total. The normalized spacial score (nSPS) is 9.17. The third-order valence-electron chi connectivity index (χ3n) is 1.45. The molecule has 0 amide bonds. The summed E-state index contributed by atoms with van der Waals surface area (Å²) >= 11 is 0. The van der Waals surface area contributed by atoms with Crippen molar-refractivity contribution < 1.29 is 14.3 Å². The summed E-state index contributed by atoms with van der Waals surface area (Å²) in [5.41, 5.74) is 6.05. The minimum absolute atomic E-state index is 0. The van der Waals surface area contributed by atoms with Gasteiger partial charge in [0.25, 0.3) is 0 Å². The Labute approximate surface area is 75.8 Å². The summed E-state index contributed by atoms with van der Waals surface area (Å²) in [6, 6.07) is 1.44. The van der Waals surface area contributed by atoms with Gasteiger partial charge < -0.3 is 15.3 Å². The van der Waals surface area contributed by atoms with E-state index >= 15 is 0 Å². The van der Waals surface area contributed by atoms with Gasteiger partial charge in [0.05, 0.1) is 0 Å². The molecule has 12 heavy (non-hydrogen) atoms. The SMILES string of the molecule is Cc1oc(C(=O)O)cc1CN.Cl. The number of furan rings is 1. The van der Waals surface area contributed by atoms with Gasteiger partial charge in [0.15, 0.2) is 0 Å². The Bertz CT molecular complexity index is 282. The van der Waals surface area contributed by atoms with Gasteiger partial charge in [0.1, 0.15) is 5.76 Å². The topological polar surface area (TPSA) is 76.5 Å². The first-order valence-corrected chi connectivity index (χ1v) is 3.18. The average Bonchev–Trinajstić information content (AvgIpc) is 2.31. The van der Waals surface area contributed by atoms with E-state index in [9.17, 15) is 4.79 Å². The lowest BCUT2D eigenvalue weighted by Crippen LogP contribution is -1.96. The van der Waals surface area contributed by atoms with Gasteiger partial charge in [-0.3, -0.25) is 0 Å². The average molecular weight is 192 g/mol. The van der Waals surface area contributed by atoms with Crippen LogP contribution in [-0.2, 0) is 6.54 Å². The molecule has 1 aromatic rings. The lowest BCUT2D eigenvalue weighted by Gasteiger charge is -1.86. The zero-order valence-electron chi connectivity index (χ0n) is 6.53. The summed E-state index contributed by atoms with van der Waals surface area (Å²) in [6.07, 6.45) is 0. The molecule has 1 heterocycles. The summed E-state index contributed by atoms with van der Waals surface area (Å²) in [5, 5.41) is 8.48. The monoisotopic (exact) mass is 191 g/mol. The molecule has 5 heteroatoms. The Hall–Kier alpha value is -1.00.